The van der Waals surface area contributed by atoms with E-state index in [4.69, 9.17) is 11.6 Å². The van der Waals surface area contributed by atoms with Gasteiger partial charge < -0.3 is 5.11 Å². The van der Waals surface area contributed by atoms with E-state index in [1.807, 2.05) is 18.2 Å². The normalized spacial score (nSPS) is 25.9. The first-order valence-electron chi connectivity index (χ1n) is 7.13. The van der Waals surface area contributed by atoms with Gasteiger partial charge in [0, 0.05) is 5.02 Å². The molecule has 1 aliphatic carbocycles. The largest absolute Gasteiger partial charge is 0.392 e. The lowest BCUT2D eigenvalue weighted by atomic mass is 9.74. The minimum Gasteiger partial charge on any atom is -0.392 e. The summed E-state index contributed by atoms with van der Waals surface area (Å²) in [6.45, 7) is 2.25. The van der Waals surface area contributed by atoms with Crippen LogP contribution >= 0.6 is 11.6 Å². The molecular weight excluding hydrogens is 244 g/mol. The standard InChI is InChI=1S/C16H23ClO/c1-2-13-7-3-4-9-15(13)16(18)11-12-6-5-8-14(17)10-12/h5-6,8,10,13,15-16,18H,2-4,7,9,11H2,1H3. The van der Waals surface area contributed by atoms with E-state index in [0.29, 0.717) is 11.8 Å². The van der Waals surface area contributed by atoms with Crippen molar-refractivity contribution < 1.29 is 5.11 Å². The molecule has 1 aliphatic rings. The van der Waals surface area contributed by atoms with Gasteiger partial charge in [-0.05, 0) is 42.4 Å². The second-order valence-electron chi connectivity index (χ2n) is 5.52. The van der Waals surface area contributed by atoms with Crippen molar-refractivity contribution in [1.29, 1.82) is 0 Å². The zero-order chi connectivity index (χ0) is 13.0. The zero-order valence-corrected chi connectivity index (χ0v) is 11.9. The molecule has 2 heteroatoms. The Labute approximate surface area is 115 Å². The molecule has 0 spiro atoms. The molecule has 0 bridgehead atoms. The number of hydrogen-bond acceptors (Lipinski definition) is 1. The predicted octanol–water partition coefficient (Wildman–Crippen LogP) is 4.46. The van der Waals surface area contributed by atoms with Crippen LogP contribution in [0, 0.1) is 11.8 Å². The molecule has 100 valence electrons. The van der Waals surface area contributed by atoms with Crippen molar-refractivity contribution in [3.8, 4) is 0 Å². The van der Waals surface area contributed by atoms with Gasteiger partial charge in [-0.15, -0.1) is 0 Å². The first-order chi connectivity index (χ1) is 8.70. The fourth-order valence-corrected chi connectivity index (χ4v) is 3.52. The van der Waals surface area contributed by atoms with Crippen molar-refractivity contribution in [2.75, 3.05) is 0 Å². The molecule has 3 unspecified atom stereocenters. The van der Waals surface area contributed by atoms with Crippen LogP contribution in [0.25, 0.3) is 0 Å². The Morgan fingerprint density at radius 2 is 2.11 bits per heavy atom. The Morgan fingerprint density at radius 1 is 1.33 bits per heavy atom. The fraction of sp³-hybridized carbons (Fsp3) is 0.625. The number of hydrogen-bond donors (Lipinski definition) is 1. The quantitative estimate of drug-likeness (QED) is 0.853. The molecule has 0 saturated heterocycles. The number of rotatable bonds is 4. The Bertz CT molecular complexity index is 377. The van der Waals surface area contributed by atoms with E-state index in [9.17, 15) is 5.11 Å². The average molecular weight is 267 g/mol. The van der Waals surface area contributed by atoms with Gasteiger partial charge in [0.1, 0.15) is 0 Å². The molecule has 1 aromatic carbocycles. The summed E-state index contributed by atoms with van der Waals surface area (Å²) in [7, 11) is 0. The maximum atomic E-state index is 10.5. The highest BCUT2D eigenvalue weighted by molar-refractivity contribution is 6.30. The Hall–Kier alpha value is -0.530. The first kappa shape index (κ1) is 13.9. The van der Waals surface area contributed by atoms with Crippen molar-refractivity contribution >= 4 is 11.6 Å². The minimum absolute atomic E-state index is 0.214. The van der Waals surface area contributed by atoms with Gasteiger partial charge >= 0.3 is 0 Å². The van der Waals surface area contributed by atoms with Gasteiger partial charge in [-0.25, -0.2) is 0 Å². The van der Waals surface area contributed by atoms with Crippen LogP contribution in [-0.4, -0.2) is 11.2 Å². The highest BCUT2D eigenvalue weighted by Crippen LogP contribution is 2.35. The molecule has 0 heterocycles. The summed E-state index contributed by atoms with van der Waals surface area (Å²) in [6, 6.07) is 7.86. The third-order valence-electron chi connectivity index (χ3n) is 4.32. The summed E-state index contributed by atoms with van der Waals surface area (Å²) >= 11 is 5.99. The van der Waals surface area contributed by atoms with Crippen LogP contribution in [-0.2, 0) is 6.42 Å². The molecule has 0 aliphatic heterocycles. The summed E-state index contributed by atoms with van der Waals surface area (Å²) < 4.78 is 0. The van der Waals surface area contributed by atoms with Crippen molar-refractivity contribution in [1.82, 2.24) is 0 Å². The SMILES string of the molecule is CCC1CCCCC1C(O)Cc1cccc(Cl)c1. The average Bonchev–Trinajstić information content (AvgIpc) is 2.38. The second-order valence-corrected chi connectivity index (χ2v) is 5.95. The molecule has 3 atom stereocenters. The summed E-state index contributed by atoms with van der Waals surface area (Å²) in [5, 5.41) is 11.2. The molecule has 0 radical (unpaired) electrons. The molecule has 0 aromatic heterocycles. The maximum absolute atomic E-state index is 10.5. The Balaban J connectivity index is 1.99. The summed E-state index contributed by atoms with van der Waals surface area (Å²) in [5.74, 6) is 1.18. The van der Waals surface area contributed by atoms with Crippen LogP contribution in [0.1, 0.15) is 44.6 Å². The molecule has 18 heavy (non-hydrogen) atoms. The zero-order valence-electron chi connectivity index (χ0n) is 11.1. The lowest BCUT2D eigenvalue weighted by Gasteiger charge is -2.34. The van der Waals surface area contributed by atoms with Gasteiger partial charge in [0.25, 0.3) is 0 Å². The molecular formula is C16H23ClO. The molecule has 1 N–H and O–H groups in total. The van der Waals surface area contributed by atoms with E-state index in [2.05, 4.69) is 13.0 Å². The van der Waals surface area contributed by atoms with Crippen LogP contribution in [0.5, 0.6) is 0 Å². The number of aliphatic hydroxyl groups is 1. The van der Waals surface area contributed by atoms with E-state index >= 15 is 0 Å². The first-order valence-corrected chi connectivity index (χ1v) is 7.51. The van der Waals surface area contributed by atoms with Gasteiger partial charge in [0.2, 0.25) is 0 Å². The summed E-state index contributed by atoms with van der Waals surface area (Å²) in [5.41, 5.74) is 1.15. The minimum atomic E-state index is -0.214. The molecule has 1 saturated carbocycles. The molecule has 1 fully saturated rings. The van der Waals surface area contributed by atoms with Gasteiger partial charge in [-0.1, -0.05) is 56.3 Å². The molecule has 0 amide bonds. The van der Waals surface area contributed by atoms with E-state index in [0.717, 1.165) is 17.0 Å². The van der Waals surface area contributed by atoms with E-state index in [-0.39, 0.29) is 6.10 Å². The van der Waals surface area contributed by atoms with Crippen molar-refractivity contribution in [3.63, 3.8) is 0 Å². The van der Waals surface area contributed by atoms with Crippen LogP contribution in [0.4, 0.5) is 0 Å². The highest BCUT2D eigenvalue weighted by Gasteiger charge is 2.29. The highest BCUT2D eigenvalue weighted by atomic mass is 35.5. The third-order valence-corrected chi connectivity index (χ3v) is 4.56. The van der Waals surface area contributed by atoms with E-state index in [1.165, 1.54) is 32.1 Å². The molecule has 2 rings (SSSR count). The van der Waals surface area contributed by atoms with Crippen molar-refractivity contribution in [3.05, 3.63) is 34.9 Å². The van der Waals surface area contributed by atoms with Crippen LogP contribution in [0.3, 0.4) is 0 Å². The lowest BCUT2D eigenvalue weighted by Crippen LogP contribution is -2.32. The van der Waals surface area contributed by atoms with Crippen molar-refractivity contribution in [2.45, 2.75) is 51.6 Å². The number of halogens is 1. The lowest BCUT2D eigenvalue weighted by molar-refractivity contribution is 0.0464. The summed E-state index contributed by atoms with van der Waals surface area (Å²) in [6.07, 6.45) is 6.79. The fourth-order valence-electron chi connectivity index (χ4n) is 3.31. The van der Waals surface area contributed by atoms with Gasteiger partial charge in [-0.3, -0.25) is 0 Å². The van der Waals surface area contributed by atoms with Crippen LogP contribution < -0.4 is 0 Å². The van der Waals surface area contributed by atoms with Crippen LogP contribution in [0.2, 0.25) is 5.02 Å². The topological polar surface area (TPSA) is 20.2 Å². The second kappa shape index (κ2) is 6.58. The summed E-state index contributed by atoms with van der Waals surface area (Å²) in [4.78, 5) is 0. The maximum Gasteiger partial charge on any atom is 0.0611 e. The molecule has 1 nitrogen and oxygen atoms in total. The van der Waals surface area contributed by atoms with Gasteiger partial charge in [-0.2, -0.15) is 0 Å². The van der Waals surface area contributed by atoms with Gasteiger partial charge in [0.15, 0.2) is 0 Å². The predicted molar refractivity (Wildman–Crippen MR) is 76.9 cm³/mol. The van der Waals surface area contributed by atoms with Crippen LogP contribution in [0.15, 0.2) is 24.3 Å². The number of benzene rings is 1. The smallest absolute Gasteiger partial charge is 0.0611 e. The monoisotopic (exact) mass is 266 g/mol. The van der Waals surface area contributed by atoms with E-state index < -0.39 is 0 Å². The Kier molecular flexibility index (Phi) is 5.08. The van der Waals surface area contributed by atoms with Gasteiger partial charge in [0.05, 0.1) is 6.10 Å². The van der Waals surface area contributed by atoms with E-state index in [1.54, 1.807) is 0 Å². The van der Waals surface area contributed by atoms with Crippen molar-refractivity contribution in [2.24, 2.45) is 11.8 Å². The number of aliphatic hydroxyl groups excluding tert-OH is 1. The third kappa shape index (κ3) is 3.49. The Morgan fingerprint density at radius 3 is 2.83 bits per heavy atom. The molecule has 1 aromatic rings.